The van der Waals surface area contributed by atoms with Crippen molar-refractivity contribution >= 4 is 21.7 Å². The van der Waals surface area contributed by atoms with Crippen molar-refractivity contribution in [2.24, 2.45) is 0 Å². The molecule has 0 spiro atoms. The van der Waals surface area contributed by atoms with Crippen molar-refractivity contribution in [3.05, 3.63) is 40.4 Å². The number of nitrogen functional groups attached to an aromatic ring is 1. The van der Waals surface area contributed by atoms with Crippen molar-refractivity contribution in [1.29, 1.82) is 0 Å². The maximum absolute atomic E-state index is 13.7. The van der Waals surface area contributed by atoms with Gasteiger partial charge in [0, 0.05) is 16.0 Å². The molecule has 0 amide bonds. The lowest BCUT2D eigenvalue weighted by atomic mass is 9.96. The summed E-state index contributed by atoms with van der Waals surface area (Å²) in [5.74, 6) is 0.665. The Morgan fingerprint density at radius 3 is 2.55 bits per heavy atom. The second-order valence-corrected chi connectivity index (χ2v) is 6.30. The molecule has 0 saturated heterocycles. The van der Waals surface area contributed by atoms with E-state index in [9.17, 15) is 4.39 Å². The number of rotatable bonds is 2. The number of ether oxygens (including phenoxy) is 1. The van der Waals surface area contributed by atoms with Gasteiger partial charge in [-0.05, 0) is 18.2 Å². The van der Waals surface area contributed by atoms with Crippen LogP contribution in [0.3, 0.4) is 0 Å². The number of aromatic nitrogens is 2. The normalized spacial score (nSPS) is 11.4. The van der Waals surface area contributed by atoms with Crippen LogP contribution in [-0.4, -0.2) is 9.97 Å². The van der Waals surface area contributed by atoms with Gasteiger partial charge in [0.1, 0.15) is 11.6 Å². The predicted octanol–water partition coefficient (Wildman–Crippen LogP) is 4.05. The van der Waals surface area contributed by atoms with E-state index < -0.39 is 5.82 Å². The van der Waals surface area contributed by atoms with E-state index in [0.717, 1.165) is 0 Å². The van der Waals surface area contributed by atoms with Crippen molar-refractivity contribution in [3.63, 3.8) is 0 Å². The van der Waals surface area contributed by atoms with Gasteiger partial charge in [-0.2, -0.15) is 4.98 Å². The summed E-state index contributed by atoms with van der Waals surface area (Å²) in [6.07, 6.45) is 0. The van der Waals surface area contributed by atoms with Gasteiger partial charge in [0.15, 0.2) is 11.6 Å². The minimum Gasteiger partial charge on any atom is -0.436 e. The standard InChI is InChI=1S/C14H15BrFN3O/c1-14(2,3)13-18-11(17)7-12(19-13)20-10-6-8(15)4-5-9(10)16/h4-7H,1-3H3,(H2,17,18,19). The molecule has 1 heterocycles. The molecule has 1 aromatic heterocycles. The first-order valence-corrected chi connectivity index (χ1v) is 6.83. The quantitative estimate of drug-likeness (QED) is 0.896. The first kappa shape index (κ1) is 14.7. The molecule has 20 heavy (non-hydrogen) atoms. The number of hydrogen-bond acceptors (Lipinski definition) is 4. The van der Waals surface area contributed by atoms with Gasteiger partial charge in [-0.3, -0.25) is 0 Å². The third-order valence-corrected chi connectivity index (χ3v) is 2.99. The number of anilines is 1. The van der Waals surface area contributed by atoms with Crippen LogP contribution in [0.25, 0.3) is 0 Å². The van der Waals surface area contributed by atoms with Gasteiger partial charge in [0.25, 0.3) is 0 Å². The molecule has 4 nitrogen and oxygen atoms in total. The van der Waals surface area contributed by atoms with Gasteiger partial charge < -0.3 is 10.5 Å². The number of halogens is 2. The number of benzene rings is 1. The minimum absolute atomic E-state index is 0.0809. The van der Waals surface area contributed by atoms with Gasteiger partial charge in [0.05, 0.1) is 0 Å². The Hall–Kier alpha value is -1.69. The summed E-state index contributed by atoms with van der Waals surface area (Å²) < 4.78 is 19.9. The first-order chi connectivity index (χ1) is 9.25. The molecule has 106 valence electrons. The molecular formula is C14H15BrFN3O. The summed E-state index contributed by atoms with van der Waals surface area (Å²) in [5, 5.41) is 0. The number of nitrogens with zero attached hydrogens (tertiary/aromatic N) is 2. The zero-order valence-electron chi connectivity index (χ0n) is 11.4. The highest BCUT2D eigenvalue weighted by Crippen LogP contribution is 2.29. The van der Waals surface area contributed by atoms with E-state index in [4.69, 9.17) is 10.5 Å². The van der Waals surface area contributed by atoms with Crippen LogP contribution in [0.1, 0.15) is 26.6 Å². The summed E-state index contributed by atoms with van der Waals surface area (Å²) in [5.41, 5.74) is 5.47. The first-order valence-electron chi connectivity index (χ1n) is 6.03. The van der Waals surface area contributed by atoms with E-state index in [1.165, 1.54) is 18.2 Å². The Bertz CT molecular complexity index is 641. The Labute approximate surface area is 125 Å². The van der Waals surface area contributed by atoms with Gasteiger partial charge in [-0.25, -0.2) is 9.37 Å². The molecule has 0 saturated carbocycles. The second kappa shape index (κ2) is 5.36. The third-order valence-electron chi connectivity index (χ3n) is 2.50. The lowest BCUT2D eigenvalue weighted by molar-refractivity contribution is 0.417. The van der Waals surface area contributed by atoms with Gasteiger partial charge in [0.2, 0.25) is 5.88 Å². The van der Waals surface area contributed by atoms with E-state index in [0.29, 0.717) is 10.3 Å². The number of nitrogens with two attached hydrogens (primary N) is 1. The fourth-order valence-electron chi connectivity index (χ4n) is 1.50. The average Bonchev–Trinajstić information content (AvgIpc) is 2.32. The van der Waals surface area contributed by atoms with Gasteiger partial charge >= 0.3 is 0 Å². The highest BCUT2D eigenvalue weighted by molar-refractivity contribution is 9.10. The van der Waals surface area contributed by atoms with Crippen molar-refractivity contribution in [3.8, 4) is 11.6 Å². The van der Waals surface area contributed by atoms with Crippen LogP contribution in [0.15, 0.2) is 28.7 Å². The van der Waals surface area contributed by atoms with E-state index in [2.05, 4.69) is 25.9 Å². The fraction of sp³-hybridized carbons (Fsp3) is 0.286. The molecular weight excluding hydrogens is 325 g/mol. The van der Waals surface area contributed by atoms with Crippen molar-refractivity contribution < 1.29 is 9.13 Å². The van der Waals surface area contributed by atoms with Crippen LogP contribution in [-0.2, 0) is 5.41 Å². The smallest absolute Gasteiger partial charge is 0.224 e. The van der Waals surface area contributed by atoms with E-state index >= 15 is 0 Å². The van der Waals surface area contributed by atoms with Crippen LogP contribution in [0.2, 0.25) is 0 Å². The molecule has 0 aliphatic rings. The summed E-state index contributed by atoms with van der Waals surface area (Å²) in [6.45, 7) is 5.89. The SMILES string of the molecule is CC(C)(C)c1nc(N)cc(Oc2cc(Br)ccc2F)n1. The molecule has 0 bridgehead atoms. The topological polar surface area (TPSA) is 61.0 Å². The third kappa shape index (κ3) is 3.45. The minimum atomic E-state index is -0.470. The Balaban J connectivity index is 2.39. The maximum Gasteiger partial charge on any atom is 0.224 e. The van der Waals surface area contributed by atoms with Crippen molar-refractivity contribution in [1.82, 2.24) is 9.97 Å². The molecule has 6 heteroatoms. The molecule has 1 aromatic carbocycles. The second-order valence-electron chi connectivity index (χ2n) is 5.38. The lowest BCUT2D eigenvalue weighted by Crippen LogP contribution is -2.17. The van der Waals surface area contributed by atoms with Crippen LogP contribution >= 0.6 is 15.9 Å². The average molecular weight is 340 g/mol. The Morgan fingerprint density at radius 1 is 1.20 bits per heavy atom. The van der Waals surface area contributed by atoms with E-state index in [-0.39, 0.29) is 22.9 Å². The summed E-state index contributed by atoms with van der Waals surface area (Å²) in [6, 6.07) is 5.91. The van der Waals surface area contributed by atoms with Crippen molar-refractivity contribution in [2.45, 2.75) is 26.2 Å². The molecule has 2 aromatic rings. The zero-order chi connectivity index (χ0) is 14.9. The van der Waals surface area contributed by atoms with Gasteiger partial charge in [-0.1, -0.05) is 36.7 Å². The molecule has 0 atom stereocenters. The molecule has 0 aliphatic heterocycles. The zero-order valence-corrected chi connectivity index (χ0v) is 13.0. The summed E-state index contributed by atoms with van der Waals surface area (Å²) in [4.78, 5) is 8.45. The van der Waals surface area contributed by atoms with E-state index in [1.54, 1.807) is 6.07 Å². The fourth-order valence-corrected chi connectivity index (χ4v) is 1.84. The summed E-state index contributed by atoms with van der Waals surface area (Å²) in [7, 11) is 0. The van der Waals surface area contributed by atoms with Crippen molar-refractivity contribution in [2.75, 3.05) is 5.73 Å². The molecule has 0 aliphatic carbocycles. The molecule has 0 fully saturated rings. The molecule has 0 radical (unpaired) electrons. The highest BCUT2D eigenvalue weighted by Gasteiger charge is 2.19. The Morgan fingerprint density at radius 2 is 1.90 bits per heavy atom. The highest BCUT2D eigenvalue weighted by atomic mass is 79.9. The van der Waals surface area contributed by atoms with Gasteiger partial charge in [-0.15, -0.1) is 0 Å². The lowest BCUT2D eigenvalue weighted by Gasteiger charge is -2.17. The molecule has 2 N–H and O–H groups in total. The maximum atomic E-state index is 13.7. The van der Waals surface area contributed by atoms with Crippen LogP contribution in [0.4, 0.5) is 10.2 Å². The Kier molecular flexibility index (Phi) is 3.94. The predicted molar refractivity (Wildman–Crippen MR) is 79.3 cm³/mol. The molecule has 0 unspecified atom stereocenters. The van der Waals surface area contributed by atoms with Crippen LogP contribution < -0.4 is 10.5 Å². The molecule has 2 rings (SSSR count). The summed E-state index contributed by atoms with van der Waals surface area (Å²) >= 11 is 3.27. The van der Waals surface area contributed by atoms with E-state index in [1.807, 2.05) is 20.8 Å². The largest absolute Gasteiger partial charge is 0.436 e. The monoisotopic (exact) mass is 339 g/mol. The number of hydrogen-bond donors (Lipinski definition) is 1. The van der Waals surface area contributed by atoms with Crippen LogP contribution in [0.5, 0.6) is 11.6 Å². The van der Waals surface area contributed by atoms with Crippen LogP contribution in [0, 0.1) is 5.82 Å².